The van der Waals surface area contributed by atoms with Crippen LogP contribution in [0.4, 0.5) is 0 Å². The number of nitriles is 1. The number of unbranched alkanes of at least 4 members (excludes halogenated alkanes) is 4. The van der Waals surface area contributed by atoms with Gasteiger partial charge in [0.05, 0.1) is 12.5 Å². The first-order valence-corrected chi connectivity index (χ1v) is 7.81. The molecular weight excluding hydrogens is 262 g/mol. The molecule has 0 saturated heterocycles. The second kappa shape index (κ2) is 10.8. The Balaban J connectivity index is 2.44. The third kappa shape index (κ3) is 7.45. The Morgan fingerprint density at radius 2 is 2.14 bits per heavy atom. The fourth-order valence-corrected chi connectivity index (χ4v) is 2.23. The summed E-state index contributed by atoms with van der Waals surface area (Å²) in [6.45, 7) is 3.23. The Bertz CT molecular complexity index is 439. The largest absolute Gasteiger partial charge is 0.337 e. The second-order valence-corrected chi connectivity index (χ2v) is 5.25. The fourth-order valence-electron chi connectivity index (χ4n) is 2.23. The van der Waals surface area contributed by atoms with Gasteiger partial charge in [0.25, 0.3) is 0 Å². The minimum Gasteiger partial charge on any atom is -0.337 e. The van der Waals surface area contributed by atoms with Crippen molar-refractivity contribution in [3.05, 3.63) is 30.1 Å². The van der Waals surface area contributed by atoms with Crippen molar-refractivity contribution < 1.29 is 4.79 Å². The third-order valence-electron chi connectivity index (χ3n) is 3.44. The molecule has 1 aromatic rings. The smallest absolute Gasteiger partial charge is 0.222 e. The highest BCUT2D eigenvalue weighted by atomic mass is 16.2. The molecule has 21 heavy (non-hydrogen) atoms. The van der Waals surface area contributed by atoms with Crippen molar-refractivity contribution in [1.82, 2.24) is 9.88 Å². The number of carbonyl (C=O) groups excluding carboxylic acids is 1. The van der Waals surface area contributed by atoms with Crippen LogP contribution in [0.1, 0.15) is 57.4 Å². The maximum Gasteiger partial charge on any atom is 0.222 e. The van der Waals surface area contributed by atoms with E-state index in [2.05, 4.69) is 18.0 Å². The molecule has 0 aliphatic carbocycles. The molecule has 1 amide bonds. The highest BCUT2D eigenvalue weighted by Gasteiger charge is 2.13. The van der Waals surface area contributed by atoms with Crippen LogP contribution < -0.4 is 0 Å². The van der Waals surface area contributed by atoms with Crippen LogP contribution in [0.5, 0.6) is 0 Å². The van der Waals surface area contributed by atoms with E-state index in [1.807, 2.05) is 12.1 Å². The van der Waals surface area contributed by atoms with E-state index >= 15 is 0 Å². The van der Waals surface area contributed by atoms with Gasteiger partial charge in [-0.2, -0.15) is 5.26 Å². The number of hydrogen-bond donors (Lipinski definition) is 0. The van der Waals surface area contributed by atoms with Gasteiger partial charge in [0.1, 0.15) is 0 Å². The van der Waals surface area contributed by atoms with Crippen LogP contribution in [0, 0.1) is 11.3 Å². The fraction of sp³-hybridized carbons (Fsp3) is 0.588. The predicted molar refractivity (Wildman–Crippen MR) is 83.3 cm³/mol. The molecule has 0 fully saturated rings. The van der Waals surface area contributed by atoms with Crippen LogP contribution >= 0.6 is 0 Å². The highest BCUT2D eigenvalue weighted by molar-refractivity contribution is 5.76. The van der Waals surface area contributed by atoms with E-state index in [0.717, 1.165) is 18.4 Å². The molecule has 0 radical (unpaired) electrons. The van der Waals surface area contributed by atoms with E-state index in [9.17, 15) is 4.79 Å². The van der Waals surface area contributed by atoms with Crippen molar-refractivity contribution >= 4 is 5.91 Å². The van der Waals surface area contributed by atoms with Gasteiger partial charge in [0.2, 0.25) is 5.91 Å². The lowest BCUT2D eigenvalue weighted by molar-refractivity contribution is -0.131. The molecule has 1 rings (SSSR count). The number of amides is 1. The molecule has 0 saturated carbocycles. The lowest BCUT2D eigenvalue weighted by Crippen LogP contribution is -2.31. The monoisotopic (exact) mass is 287 g/mol. The molecular formula is C17H25N3O. The molecule has 4 heteroatoms. The van der Waals surface area contributed by atoms with Gasteiger partial charge < -0.3 is 4.90 Å². The van der Waals surface area contributed by atoms with Gasteiger partial charge in [0, 0.05) is 31.9 Å². The predicted octanol–water partition coefficient (Wildman–Crippen LogP) is 3.68. The van der Waals surface area contributed by atoms with Crippen LogP contribution in [0.3, 0.4) is 0 Å². The molecule has 0 aromatic carbocycles. The zero-order chi connectivity index (χ0) is 15.3. The Morgan fingerprint density at radius 1 is 1.33 bits per heavy atom. The molecule has 0 aliphatic rings. The Hall–Kier alpha value is -1.89. The summed E-state index contributed by atoms with van der Waals surface area (Å²) in [5.41, 5.74) is 1.01. The van der Waals surface area contributed by atoms with Gasteiger partial charge in [-0.1, -0.05) is 38.7 Å². The lowest BCUT2D eigenvalue weighted by atomic mass is 10.1. The second-order valence-electron chi connectivity index (χ2n) is 5.25. The van der Waals surface area contributed by atoms with Crippen LogP contribution in [0.15, 0.2) is 24.5 Å². The van der Waals surface area contributed by atoms with E-state index in [1.54, 1.807) is 17.3 Å². The maximum absolute atomic E-state index is 12.3. The van der Waals surface area contributed by atoms with E-state index in [1.165, 1.54) is 19.3 Å². The van der Waals surface area contributed by atoms with Gasteiger partial charge >= 0.3 is 0 Å². The van der Waals surface area contributed by atoms with Gasteiger partial charge in [0.15, 0.2) is 0 Å². The first kappa shape index (κ1) is 17.2. The molecule has 0 aliphatic heterocycles. The summed E-state index contributed by atoms with van der Waals surface area (Å²) >= 11 is 0. The average Bonchev–Trinajstić information content (AvgIpc) is 2.52. The zero-order valence-corrected chi connectivity index (χ0v) is 12.9. The standard InChI is InChI=1S/C17H25N3O/c1-2-3-4-5-6-10-17(21)20(13-8-11-18)15-16-9-7-12-19-14-16/h7,9,12,14H,2-6,8,10,13,15H2,1H3. The summed E-state index contributed by atoms with van der Waals surface area (Å²) in [5.74, 6) is 0.144. The van der Waals surface area contributed by atoms with Crippen molar-refractivity contribution in [3.63, 3.8) is 0 Å². The number of pyridine rings is 1. The lowest BCUT2D eigenvalue weighted by Gasteiger charge is -2.21. The summed E-state index contributed by atoms with van der Waals surface area (Å²) in [6, 6.07) is 5.94. The first-order valence-electron chi connectivity index (χ1n) is 7.81. The average molecular weight is 287 g/mol. The summed E-state index contributed by atoms with van der Waals surface area (Å²) in [4.78, 5) is 18.1. The molecule has 1 aromatic heterocycles. The molecule has 4 nitrogen and oxygen atoms in total. The summed E-state index contributed by atoms with van der Waals surface area (Å²) in [7, 11) is 0. The van der Waals surface area contributed by atoms with Gasteiger partial charge in [-0.3, -0.25) is 9.78 Å². The number of hydrogen-bond acceptors (Lipinski definition) is 3. The van der Waals surface area contributed by atoms with Crippen LogP contribution in [-0.4, -0.2) is 22.3 Å². The van der Waals surface area contributed by atoms with Crippen LogP contribution in [0.2, 0.25) is 0 Å². The van der Waals surface area contributed by atoms with E-state index < -0.39 is 0 Å². The van der Waals surface area contributed by atoms with E-state index in [0.29, 0.717) is 25.9 Å². The first-order chi connectivity index (χ1) is 10.3. The maximum atomic E-state index is 12.3. The minimum absolute atomic E-state index is 0.144. The van der Waals surface area contributed by atoms with E-state index in [4.69, 9.17) is 5.26 Å². The normalized spacial score (nSPS) is 10.1. The summed E-state index contributed by atoms with van der Waals surface area (Å²) < 4.78 is 0. The van der Waals surface area contributed by atoms with Gasteiger partial charge in [-0.15, -0.1) is 0 Å². The molecule has 0 atom stereocenters. The summed E-state index contributed by atoms with van der Waals surface area (Å²) in [5, 5.41) is 8.74. The highest BCUT2D eigenvalue weighted by Crippen LogP contribution is 2.10. The minimum atomic E-state index is 0.144. The number of carbonyl (C=O) groups is 1. The Labute approximate surface area is 127 Å². The Morgan fingerprint density at radius 3 is 2.81 bits per heavy atom. The number of rotatable bonds is 10. The van der Waals surface area contributed by atoms with Crippen molar-refractivity contribution in [3.8, 4) is 6.07 Å². The quantitative estimate of drug-likeness (QED) is 0.617. The van der Waals surface area contributed by atoms with Gasteiger partial charge in [-0.05, 0) is 18.1 Å². The molecule has 1 heterocycles. The molecule has 0 N–H and O–H groups in total. The van der Waals surface area contributed by atoms with Crippen molar-refractivity contribution in [2.45, 2.75) is 58.4 Å². The molecule has 0 bridgehead atoms. The number of aromatic nitrogens is 1. The third-order valence-corrected chi connectivity index (χ3v) is 3.44. The molecule has 0 unspecified atom stereocenters. The van der Waals surface area contributed by atoms with Gasteiger partial charge in [-0.25, -0.2) is 0 Å². The van der Waals surface area contributed by atoms with Crippen LogP contribution in [-0.2, 0) is 11.3 Å². The topological polar surface area (TPSA) is 57.0 Å². The van der Waals surface area contributed by atoms with Crippen molar-refractivity contribution in [2.75, 3.05) is 6.54 Å². The number of nitrogens with zero attached hydrogens (tertiary/aromatic N) is 3. The van der Waals surface area contributed by atoms with Crippen molar-refractivity contribution in [1.29, 1.82) is 5.26 Å². The molecule has 114 valence electrons. The zero-order valence-electron chi connectivity index (χ0n) is 12.9. The van der Waals surface area contributed by atoms with E-state index in [-0.39, 0.29) is 5.91 Å². The SMILES string of the molecule is CCCCCCCC(=O)N(CCC#N)Cc1cccnc1. The summed E-state index contributed by atoms with van der Waals surface area (Å²) in [6.07, 6.45) is 10.1. The molecule has 0 spiro atoms. The Kier molecular flexibility index (Phi) is 8.86. The van der Waals surface area contributed by atoms with Crippen molar-refractivity contribution in [2.24, 2.45) is 0 Å². The van der Waals surface area contributed by atoms with Crippen LogP contribution in [0.25, 0.3) is 0 Å².